The summed E-state index contributed by atoms with van der Waals surface area (Å²) in [7, 11) is 0. The highest BCUT2D eigenvalue weighted by molar-refractivity contribution is 9.10. The molecule has 2 fully saturated rings. The van der Waals surface area contributed by atoms with Crippen molar-refractivity contribution in [3.8, 4) is 5.75 Å². The van der Waals surface area contributed by atoms with Gasteiger partial charge in [0.25, 0.3) is 0 Å². The molecule has 0 bridgehead atoms. The maximum Gasteiger partial charge on any atom is 0.138 e. The van der Waals surface area contributed by atoms with Gasteiger partial charge >= 0.3 is 0 Å². The minimum Gasteiger partial charge on any atom is -0.492 e. The van der Waals surface area contributed by atoms with Crippen LogP contribution in [0.3, 0.4) is 0 Å². The van der Waals surface area contributed by atoms with Gasteiger partial charge in [0.15, 0.2) is 0 Å². The summed E-state index contributed by atoms with van der Waals surface area (Å²) in [6.45, 7) is 0.839. The summed E-state index contributed by atoms with van der Waals surface area (Å²) < 4.78 is 7.13. The van der Waals surface area contributed by atoms with Crippen molar-refractivity contribution in [2.45, 2.75) is 50.5 Å². The molecule has 2 aliphatic carbocycles. The van der Waals surface area contributed by atoms with E-state index < -0.39 is 0 Å². The molecule has 2 aliphatic rings. The number of benzene rings is 1. The van der Waals surface area contributed by atoms with Crippen LogP contribution in [0.5, 0.6) is 5.75 Å². The molecule has 0 amide bonds. The molecule has 19 heavy (non-hydrogen) atoms. The number of para-hydroxylation sites is 1. The Morgan fingerprint density at radius 3 is 2.63 bits per heavy atom. The average Bonchev–Trinajstić information content (AvgIpc) is 3.22. The smallest absolute Gasteiger partial charge is 0.138 e. The SMILES string of the molecule is NC1(c2cccc(Br)c2OCC2CC2)CCCCC1. The normalized spacial score (nSPS) is 22.2. The van der Waals surface area contributed by atoms with Gasteiger partial charge in [0.1, 0.15) is 5.75 Å². The second kappa shape index (κ2) is 5.45. The predicted octanol–water partition coefficient (Wildman–Crippen LogP) is 4.36. The number of nitrogens with two attached hydrogens (primary N) is 1. The second-order valence-electron chi connectivity index (χ2n) is 6.09. The molecular weight excluding hydrogens is 302 g/mol. The van der Waals surface area contributed by atoms with E-state index in [1.807, 2.05) is 0 Å². The lowest BCUT2D eigenvalue weighted by Gasteiger charge is -2.35. The highest BCUT2D eigenvalue weighted by Gasteiger charge is 2.33. The Morgan fingerprint density at radius 1 is 1.21 bits per heavy atom. The molecule has 3 rings (SSSR count). The van der Waals surface area contributed by atoms with Crippen LogP contribution in [0.25, 0.3) is 0 Å². The lowest BCUT2D eigenvalue weighted by atomic mass is 9.77. The first-order valence-corrected chi connectivity index (χ1v) is 8.19. The first kappa shape index (κ1) is 13.4. The third kappa shape index (κ3) is 2.97. The van der Waals surface area contributed by atoms with Crippen molar-refractivity contribution in [1.29, 1.82) is 0 Å². The lowest BCUT2D eigenvalue weighted by Crippen LogP contribution is -2.39. The highest BCUT2D eigenvalue weighted by atomic mass is 79.9. The molecular formula is C16H22BrNO. The summed E-state index contributed by atoms with van der Waals surface area (Å²) >= 11 is 3.63. The van der Waals surface area contributed by atoms with Crippen molar-refractivity contribution in [3.05, 3.63) is 28.2 Å². The average molecular weight is 324 g/mol. The molecule has 0 radical (unpaired) electrons. The topological polar surface area (TPSA) is 35.2 Å². The van der Waals surface area contributed by atoms with Crippen molar-refractivity contribution in [2.24, 2.45) is 11.7 Å². The zero-order valence-corrected chi connectivity index (χ0v) is 12.9. The first-order chi connectivity index (χ1) is 9.19. The van der Waals surface area contributed by atoms with Crippen LogP contribution >= 0.6 is 15.9 Å². The third-order valence-electron chi connectivity index (χ3n) is 4.41. The zero-order valence-electron chi connectivity index (χ0n) is 11.3. The third-order valence-corrected chi connectivity index (χ3v) is 5.03. The quantitative estimate of drug-likeness (QED) is 0.893. The van der Waals surface area contributed by atoms with Crippen molar-refractivity contribution in [3.63, 3.8) is 0 Å². The van der Waals surface area contributed by atoms with Gasteiger partial charge in [-0.3, -0.25) is 0 Å². The van der Waals surface area contributed by atoms with Crippen LogP contribution in [0, 0.1) is 5.92 Å². The predicted molar refractivity (Wildman–Crippen MR) is 81.3 cm³/mol. The van der Waals surface area contributed by atoms with E-state index in [1.165, 1.54) is 37.7 Å². The molecule has 0 spiro atoms. The van der Waals surface area contributed by atoms with Gasteiger partial charge in [0.2, 0.25) is 0 Å². The van der Waals surface area contributed by atoms with Gasteiger partial charge in [-0.25, -0.2) is 0 Å². The molecule has 0 saturated heterocycles. The van der Waals surface area contributed by atoms with Crippen molar-refractivity contribution >= 4 is 15.9 Å². The first-order valence-electron chi connectivity index (χ1n) is 7.40. The van der Waals surface area contributed by atoms with Crippen LogP contribution in [0.15, 0.2) is 22.7 Å². The molecule has 104 valence electrons. The van der Waals surface area contributed by atoms with E-state index in [1.54, 1.807) is 0 Å². The Kier molecular flexibility index (Phi) is 3.86. The van der Waals surface area contributed by atoms with Gasteiger partial charge < -0.3 is 10.5 Å². The Labute approximate surface area is 123 Å². The van der Waals surface area contributed by atoms with Gasteiger partial charge in [0.05, 0.1) is 11.1 Å². The van der Waals surface area contributed by atoms with Crippen LogP contribution in [-0.4, -0.2) is 6.61 Å². The Morgan fingerprint density at radius 2 is 1.95 bits per heavy atom. The van der Waals surface area contributed by atoms with Gasteiger partial charge in [-0.2, -0.15) is 0 Å². The number of hydrogen-bond donors (Lipinski definition) is 1. The van der Waals surface area contributed by atoms with Crippen LogP contribution < -0.4 is 10.5 Å². The molecule has 3 heteroatoms. The summed E-state index contributed by atoms with van der Waals surface area (Å²) in [4.78, 5) is 0. The van der Waals surface area contributed by atoms with E-state index in [9.17, 15) is 0 Å². The van der Waals surface area contributed by atoms with Crippen LogP contribution in [0.1, 0.15) is 50.5 Å². The van der Waals surface area contributed by atoms with Gasteiger partial charge in [-0.05, 0) is 53.6 Å². The minimum atomic E-state index is -0.194. The molecule has 2 N–H and O–H groups in total. The van der Waals surface area contributed by atoms with Crippen LogP contribution in [-0.2, 0) is 5.54 Å². The zero-order chi connectivity index (χ0) is 13.3. The number of rotatable bonds is 4. The molecule has 0 aromatic heterocycles. The molecule has 1 aromatic rings. The maximum absolute atomic E-state index is 6.67. The minimum absolute atomic E-state index is 0.194. The lowest BCUT2D eigenvalue weighted by molar-refractivity contribution is 0.261. The molecule has 0 heterocycles. The van der Waals surface area contributed by atoms with Crippen LogP contribution in [0.4, 0.5) is 0 Å². The van der Waals surface area contributed by atoms with Crippen molar-refractivity contribution < 1.29 is 4.74 Å². The molecule has 1 aromatic carbocycles. The Hall–Kier alpha value is -0.540. The fraction of sp³-hybridized carbons (Fsp3) is 0.625. The Balaban J connectivity index is 1.87. The fourth-order valence-electron chi connectivity index (χ4n) is 2.99. The molecule has 0 atom stereocenters. The Bertz CT molecular complexity index is 450. The summed E-state index contributed by atoms with van der Waals surface area (Å²) in [6, 6.07) is 6.28. The molecule has 0 aliphatic heterocycles. The van der Waals surface area contributed by atoms with E-state index in [4.69, 9.17) is 10.5 Å². The largest absolute Gasteiger partial charge is 0.492 e. The molecule has 2 saturated carbocycles. The summed E-state index contributed by atoms with van der Waals surface area (Å²) in [5.41, 5.74) is 7.67. The van der Waals surface area contributed by atoms with E-state index >= 15 is 0 Å². The van der Waals surface area contributed by atoms with Gasteiger partial charge in [-0.15, -0.1) is 0 Å². The number of halogens is 1. The van der Waals surface area contributed by atoms with Crippen molar-refractivity contribution in [1.82, 2.24) is 0 Å². The summed E-state index contributed by atoms with van der Waals surface area (Å²) in [5, 5.41) is 0. The van der Waals surface area contributed by atoms with Crippen LogP contribution in [0.2, 0.25) is 0 Å². The van der Waals surface area contributed by atoms with Gasteiger partial charge in [0, 0.05) is 11.1 Å². The van der Waals surface area contributed by atoms with E-state index in [-0.39, 0.29) is 5.54 Å². The van der Waals surface area contributed by atoms with Gasteiger partial charge in [-0.1, -0.05) is 31.4 Å². The number of ether oxygens (including phenoxy) is 1. The second-order valence-corrected chi connectivity index (χ2v) is 6.94. The summed E-state index contributed by atoms with van der Waals surface area (Å²) in [6.07, 6.45) is 8.54. The summed E-state index contributed by atoms with van der Waals surface area (Å²) in [5.74, 6) is 1.75. The highest BCUT2D eigenvalue weighted by Crippen LogP contribution is 2.43. The monoisotopic (exact) mass is 323 g/mol. The standard InChI is InChI=1S/C16H22BrNO/c17-14-6-4-5-13(15(14)19-11-12-7-8-12)16(18)9-2-1-3-10-16/h4-6,12H,1-3,7-11,18H2. The van der Waals surface area contributed by atoms with E-state index in [2.05, 4.69) is 34.1 Å². The van der Waals surface area contributed by atoms with Crippen molar-refractivity contribution in [2.75, 3.05) is 6.61 Å². The van der Waals surface area contributed by atoms with E-state index in [0.29, 0.717) is 0 Å². The molecule has 0 unspecified atom stereocenters. The van der Waals surface area contributed by atoms with E-state index in [0.717, 1.165) is 35.6 Å². The number of hydrogen-bond acceptors (Lipinski definition) is 2. The maximum atomic E-state index is 6.67. The molecule has 2 nitrogen and oxygen atoms in total. The fourth-order valence-corrected chi connectivity index (χ4v) is 3.47.